The molecule has 9 heteroatoms. The number of likely N-dealkylation sites (tertiary alicyclic amines) is 1. The van der Waals surface area contributed by atoms with Gasteiger partial charge in [-0.1, -0.05) is 13.8 Å². The number of amides is 1. The van der Waals surface area contributed by atoms with Crippen LogP contribution in [0.5, 0.6) is 0 Å². The first kappa shape index (κ1) is 21.5. The third-order valence-corrected chi connectivity index (χ3v) is 6.19. The van der Waals surface area contributed by atoms with Gasteiger partial charge in [-0.15, -0.1) is 24.0 Å². The molecule has 140 valence electrons. The van der Waals surface area contributed by atoms with Crippen LogP contribution in [0.15, 0.2) is 4.99 Å². The molecule has 2 fully saturated rings. The molecule has 1 atom stereocenters. The monoisotopic (exact) mass is 472 g/mol. The van der Waals surface area contributed by atoms with Crippen molar-refractivity contribution in [3.63, 3.8) is 0 Å². The zero-order valence-corrected chi connectivity index (χ0v) is 17.8. The van der Waals surface area contributed by atoms with E-state index in [4.69, 9.17) is 0 Å². The van der Waals surface area contributed by atoms with Crippen molar-refractivity contribution in [1.29, 1.82) is 0 Å². The SMILES string of the molecule is CN=C(NCCC(=O)NC1CCS(=O)(=O)C1)N1CCC(C)(C)C1.I. The van der Waals surface area contributed by atoms with Gasteiger partial charge in [-0.3, -0.25) is 9.79 Å². The maximum absolute atomic E-state index is 11.9. The molecule has 1 amide bonds. The molecule has 2 N–H and O–H groups in total. The topological polar surface area (TPSA) is 90.9 Å². The summed E-state index contributed by atoms with van der Waals surface area (Å²) < 4.78 is 22.8. The summed E-state index contributed by atoms with van der Waals surface area (Å²) in [6.45, 7) is 6.90. The van der Waals surface area contributed by atoms with Crippen LogP contribution < -0.4 is 10.6 Å². The molecular formula is C15H29IN4O3S. The molecule has 2 aliphatic rings. The van der Waals surface area contributed by atoms with Gasteiger partial charge in [0.2, 0.25) is 5.91 Å². The molecule has 0 bridgehead atoms. The molecule has 2 saturated heterocycles. The number of halogens is 1. The summed E-state index contributed by atoms with van der Waals surface area (Å²) in [6.07, 6.45) is 1.96. The van der Waals surface area contributed by atoms with Crippen molar-refractivity contribution >= 4 is 45.7 Å². The molecule has 0 aromatic rings. The van der Waals surface area contributed by atoms with Gasteiger partial charge in [0.15, 0.2) is 15.8 Å². The van der Waals surface area contributed by atoms with E-state index in [9.17, 15) is 13.2 Å². The maximum atomic E-state index is 11.9. The van der Waals surface area contributed by atoms with E-state index in [0.717, 1.165) is 25.5 Å². The molecule has 2 aliphatic heterocycles. The first-order valence-corrected chi connectivity index (χ1v) is 9.98. The highest BCUT2D eigenvalue weighted by Crippen LogP contribution is 2.28. The Morgan fingerprint density at radius 1 is 1.38 bits per heavy atom. The van der Waals surface area contributed by atoms with Crippen molar-refractivity contribution in [3.8, 4) is 0 Å². The van der Waals surface area contributed by atoms with Crippen LogP contribution in [-0.4, -0.2) is 69.4 Å². The summed E-state index contributed by atoms with van der Waals surface area (Å²) in [5, 5.41) is 6.02. The number of hydrogen-bond donors (Lipinski definition) is 2. The zero-order chi connectivity index (χ0) is 17.1. The molecule has 0 aliphatic carbocycles. The van der Waals surface area contributed by atoms with Crippen LogP contribution in [0.4, 0.5) is 0 Å². The van der Waals surface area contributed by atoms with Crippen molar-refractivity contribution in [2.45, 2.75) is 39.2 Å². The third kappa shape index (κ3) is 6.38. The fourth-order valence-corrected chi connectivity index (χ4v) is 4.80. The lowest BCUT2D eigenvalue weighted by molar-refractivity contribution is -0.121. The number of nitrogens with one attached hydrogen (secondary N) is 2. The highest BCUT2D eigenvalue weighted by atomic mass is 127. The lowest BCUT2D eigenvalue weighted by Crippen LogP contribution is -2.43. The van der Waals surface area contributed by atoms with E-state index in [1.54, 1.807) is 7.05 Å². The standard InChI is InChI=1S/C15H28N4O3S.HI/c1-15(2)6-8-19(11-15)14(16-3)17-7-4-13(20)18-12-5-9-23(21,22)10-12;/h12H,4-11H2,1-3H3,(H,16,17)(H,18,20);1H. The summed E-state index contributed by atoms with van der Waals surface area (Å²) in [4.78, 5) is 18.4. The van der Waals surface area contributed by atoms with Crippen molar-refractivity contribution in [2.75, 3.05) is 38.2 Å². The second-order valence-corrected chi connectivity index (χ2v) is 9.46. The molecule has 0 aromatic carbocycles. The Hall–Kier alpha value is -0.580. The van der Waals surface area contributed by atoms with E-state index in [0.29, 0.717) is 24.8 Å². The first-order chi connectivity index (χ1) is 10.7. The lowest BCUT2D eigenvalue weighted by atomic mass is 9.93. The number of guanidine groups is 1. The average molecular weight is 472 g/mol. The number of carbonyl (C=O) groups is 1. The number of hydrogen-bond acceptors (Lipinski definition) is 4. The van der Waals surface area contributed by atoms with Gasteiger partial charge in [-0.2, -0.15) is 0 Å². The molecule has 0 saturated carbocycles. The minimum Gasteiger partial charge on any atom is -0.356 e. The van der Waals surface area contributed by atoms with Crippen LogP contribution >= 0.6 is 24.0 Å². The number of rotatable bonds is 4. The van der Waals surface area contributed by atoms with E-state index < -0.39 is 9.84 Å². The number of sulfone groups is 1. The average Bonchev–Trinajstić information content (AvgIpc) is 2.97. The Kier molecular flexibility index (Phi) is 7.76. The second-order valence-electron chi connectivity index (χ2n) is 7.23. The molecule has 0 aromatic heterocycles. The fraction of sp³-hybridized carbons (Fsp3) is 0.867. The lowest BCUT2D eigenvalue weighted by Gasteiger charge is -2.23. The molecule has 0 spiro atoms. The van der Waals surface area contributed by atoms with E-state index in [1.807, 2.05) is 0 Å². The van der Waals surface area contributed by atoms with Crippen molar-refractivity contribution in [3.05, 3.63) is 0 Å². The summed E-state index contributed by atoms with van der Waals surface area (Å²) >= 11 is 0. The van der Waals surface area contributed by atoms with Crippen LogP contribution in [0, 0.1) is 5.41 Å². The van der Waals surface area contributed by atoms with Gasteiger partial charge < -0.3 is 15.5 Å². The third-order valence-electron chi connectivity index (χ3n) is 4.42. The van der Waals surface area contributed by atoms with Gasteiger partial charge in [-0.05, 0) is 18.3 Å². The van der Waals surface area contributed by atoms with Gasteiger partial charge in [0.25, 0.3) is 0 Å². The van der Waals surface area contributed by atoms with Crippen LogP contribution in [0.25, 0.3) is 0 Å². The van der Waals surface area contributed by atoms with Gasteiger partial charge in [0.05, 0.1) is 11.5 Å². The number of aliphatic imine (C=N–C) groups is 1. The molecule has 2 rings (SSSR count). The van der Waals surface area contributed by atoms with E-state index >= 15 is 0 Å². The van der Waals surface area contributed by atoms with Gasteiger partial charge in [0, 0.05) is 39.1 Å². The number of carbonyl (C=O) groups excluding carboxylic acids is 1. The van der Waals surface area contributed by atoms with Crippen LogP contribution in [-0.2, 0) is 14.6 Å². The Balaban J connectivity index is 0.00000288. The highest BCUT2D eigenvalue weighted by molar-refractivity contribution is 14.0. The minimum absolute atomic E-state index is 0. The fourth-order valence-electron chi connectivity index (χ4n) is 3.12. The summed E-state index contributed by atoms with van der Waals surface area (Å²) in [6, 6.07) is -0.230. The molecular weight excluding hydrogens is 443 g/mol. The van der Waals surface area contributed by atoms with E-state index in [1.165, 1.54) is 0 Å². The van der Waals surface area contributed by atoms with E-state index in [-0.39, 0.29) is 47.4 Å². The zero-order valence-electron chi connectivity index (χ0n) is 14.7. The van der Waals surface area contributed by atoms with Gasteiger partial charge in [-0.25, -0.2) is 8.42 Å². The summed E-state index contributed by atoms with van der Waals surface area (Å²) in [7, 11) is -1.21. The maximum Gasteiger partial charge on any atom is 0.222 e. The van der Waals surface area contributed by atoms with Gasteiger partial charge in [0.1, 0.15) is 0 Å². The first-order valence-electron chi connectivity index (χ1n) is 8.16. The molecule has 0 radical (unpaired) electrons. The Labute approximate surface area is 162 Å². The molecule has 1 unspecified atom stereocenters. The van der Waals surface area contributed by atoms with Crippen molar-refractivity contribution < 1.29 is 13.2 Å². The molecule has 7 nitrogen and oxygen atoms in total. The largest absolute Gasteiger partial charge is 0.356 e. The summed E-state index contributed by atoms with van der Waals surface area (Å²) in [5.41, 5.74) is 0.295. The predicted molar refractivity (Wildman–Crippen MR) is 107 cm³/mol. The predicted octanol–water partition coefficient (Wildman–Crippen LogP) is 0.605. The molecule has 2 heterocycles. The normalized spacial score (nSPS) is 25.2. The van der Waals surface area contributed by atoms with Crippen molar-refractivity contribution in [2.24, 2.45) is 10.4 Å². The Morgan fingerprint density at radius 3 is 2.58 bits per heavy atom. The van der Waals surface area contributed by atoms with Crippen LogP contribution in [0.2, 0.25) is 0 Å². The van der Waals surface area contributed by atoms with Crippen LogP contribution in [0.3, 0.4) is 0 Å². The Bertz CT molecular complexity index is 577. The van der Waals surface area contributed by atoms with Crippen molar-refractivity contribution in [1.82, 2.24) is 15.5 Å². The quantitative estimate of drug-likeness (QED) is 0.356. The minimum atomic E-state index is -2.96. The Morgan fingerprint density at radius 2 is 2.08 bits per heavy atom. The van der Waals surface area contributed by atoms with Gasteiger partial charge >= 0.3 is 0 Å². The van der Waals surface area contributed by atoms with Crippen LogP contribution in [0.1, 0.15) is 33.1 Å². The highest BCUT2D eigenvalue weighted by Gasteiger charge is 2.31. The second kappa shape index (κ2) is 8.68. The number of nitrogens with zero attached hydrogens (tertiary/aromatic N) is 2. The van der Waals surface area contributed by atoms with E-state index in [2.05, 4.69) is 34.4 Å². The smallest absolute Gasteiger partial charge is 0.222 e. The summed E-state index contributed by atoms with van der Waals surface area (Å²) in [5.74, 6) is 0.952. The molecule has 24 heavy (non-hydrogen) atoms.